The predicted octanol–water partition coefficient (Wildman–Crippen LogP) is 2.34. The van der Waals surface area contributed by atoms with Crippen molar-refractivity contribution in [3.05, 3.63) is 52.8 Å². The van der Waals surface area contributed by atoms with Crippen LogP contribution in [0.2, 0.25) is 0 Å². The van der Waals surface area contributed by atoms with Crippen molar-refractivity contribution in [2.24, 2.45) is 0 Å². The van der Waals surface area contributed by atoms with Crippen LogP contribution in [-0.2, 0) is 16.1 Å². The first-order valence-electron chi connectivity index (χ1n) is 6.76. The SMILES string of the molecule is COC(=O)[C@H](NCc1cc[nH]c1)c1cc(C)c(O)c(C)c1. The molecule has 21 heavy (non-hydrogen) atoms. The second-order valence-electron chi connectivity index (χ2n) is 5.06. The van der Waals surface area contributed by atoms with E-state index in [0.29, 0.717) is 6.54 Å². The van der Waals surface area contributed by atoms with Crippen molar-refractivity contribution in [3.8, 4) is 5.75 Å². The van der Waals surface area contributed by atoms with E-state index >= 15 is 0 Å². The number of aromatic nitrogens is 1. The standard InChI is InChI=1S/C16H20N2O3/c1-10-6-13(7-11(2)15(10)19)14(16(20)21-3)18-9-12-4-5-17-8-12/h4-8,14,17-19H,9H2,1-3H3/t14-/m1/s1. The molecule has 112 valence electrons. The molecule has 0 amide bonds. The third-order valence-electron chi connectivity index (χ3n) is 3.46. The molecule has 0 radical (unpaired) electrons. The number of H-pyrrole nitrogens is 1. The highest BCUT2D eigenvalue weighted by molar-refractivity contribution is 5.78. The quantitative estimate of drug-likeness (QED) is 0.738. The molecule has 2 rings (SSSR count). The molecule has 0 aliphatic rings. The van der Waals surface area contributed by atoms with Gasteiger partial charge in [0, 0.05) is 18.9 Å². The zero-order chi connectivity index (χ0) is 15.4. The summed E-state index contributed by atoms with van der Waals surface area (Å²) in [5.41, 5.74) is 3.31. The normalized spacial score (nSPS) is 12.1. The van der Waals surface area contributed by atoms with Gasteiger partial charge in [-0.15, -0.1) is 0 Å². The lowest BCUT2D eigenvalue weighted by atomic mass is 10.00. The van der Waals surface area contributed by atoms with Gasteiger partial charge in [-0.25, -0.2) is 4.79 Å². The molecule has 0 saturated carbocycles. The summed E-state index contributed by atoms with van der Waals surface area (Å²) in [4.78, 5) is 15.0. The Hall–Kier alpha value is -2.27. The summed E-state index contributed by atoms with van der Waals surface area (Å²) < 4.78 is 4.87. The van der Waals surface area contributed by atoms with Gasteiger partial charge in [0.05, 0.1) is 7.11 Å². The average molecular weight is 288 g/mol. The summed E-state index contributed by atoms with van der Waals surface area (Å²) in [7, 11) is 1.37. The van der Waals surface area contributed by atoms with E-state index < -0.39 is 6.04 Å². The van der Waals surface area contributed by atoms with Crippen molar-refractivity contribution < 1.29 is 14.6 Å². The lowest BCUT2D eigenvalue weighted by molar-refractivity contribution is -0.143. The zero-order valence-electron chi connectivity index (χ0n) is 12.4. The Bertz CT molecular complexity index is 597. The van der Waals surface area contributed by atoms with Gasteiger partial charge in [0.2, 0.25) is 0 Å². The first-order chi connectivity index (χ1) is 10.0. The van der Waals surface area contributed by atoms with Gasteiger partial charge in [-0.3, -0.25) is 5.32 Å². The van der Waals surface area contributed by atoms with Crippen LogP contribution in [0.1, 0.15) is 28.3 Å². The van der Waals surface area contributed by atoms with Gasteiger partial charge in [-0.2, -0.15) is 0 Å². The molecule has 0 fully saturated rings. The molecule has 0 aliphatic carbocycles. The number of carbonyl (C=O) groups is 1. The third kappa shape index (κ3) is 3.44. The number of ether oxygens (including phenoxy) is 1. The maximum atomic E-state index is 12.0. The van der Waals surface area contributed by atoms with Crippen LogP contribution in [0, 0.1) is 13.8 Å². The van der Waals surface area contributed by atoms with E-state index in [0.717, 1.165) is 22.3 Å². The Morgan fingerprint density at radius 3 is 2.57 bits per heavy atom. The van der Waals surface area contributed by atoms with E-state index in [2.05, 4.69) is 10.3 Å². The van der Waals surface area contributed by atoms with Gasteiger partial charge < -0.3 is 14.8 Å². The number of esters is 1. The number of phenols is 1. The Balaban J connectivity index is 2.25. The first-order valence-corrected chi connectivity index (χ1v) is 6.76. The Morgan fingerprint density at radius 2 is 2.05 bits per heavy atom. The third-order valence-corrected chi connectivity index (χ3v) is 3.46. The number of hydrogen-bond donors (Lipinski definition) is 3. The number of benzene rings is 1. The summed E-state index contributed by atoms with van der Waals surface area (Å²) in [5, 5.41) is 13.0. The van der Waals surface area contributed by atoms with Crippen LogP contribution in [-0.4, -0.2) is 23.2 Å². The van der Waals surface area contributed by atoms with Crippen LogP contribution < -0.4 is 5.32 Å². The van der Waals surface area contributed by atoms with Crippen LogP contribution in [0.5, 0.6) is 5.75 Å². The van der Waals surface area contributed by atoms with E-state index in [9.17, 15) is 9.90 Å². The first kappa shape index (κ1) is 15.1. The molecule has 0 spiro atoms. The molecular formula is C16H20N2O3. The van der Waals surface area contributed by atoms with Crippen LogP contribution in [0.15, 0.2) is 30.6 Å². The molecule has 1 aromatic carbocycles. The number of rotatable bonds is 5. The zero-order valence-corrected chi connectivity index (χ0v) is 12.4. The highest BCUT2D eigenvalue weighted by Crippen LogP contribution is 2.27. The van der Waals surface area contributed by atoms with E-state index in [1.165, 1.54) is 7.11 Å². The van der Waals surface area contributed by atoms with Crippen LogP contribution >= 0.6 is 0 Å². The minimum atomic E-state index is -0.567. The fourth-order valence-corrected chi connectivity index (χ4v) is 2.30. The molecule has 1 aromatic heterocycles. The molecule has 1 atom stereocenters. The number of nitrogens with one attached hydrogen (secondary N) is 2. The van der Waals surface area contributed by atoms with Gasteiger partial charge in [0.1, 0.15) is 11.8 Å². The Morgan fingerprint density at radius 1 is 1.38 bits per heavy atom. The summed E-state index contributed by atoms with van der Waals surface area (Å²) in [6, 6.07) is 4.97. The van der Waals surface area contributed by atoms with Crippen molar-refractivity contribution in [1.82, 2.24) is 10.3 Å². The molecule has 0 unspecified atom stereocenters. The minimum absolute atomic E-state index is 0.257. The minimum Gasteiger partial charge on any atom is -0.507 e. The smallest absolute Gasteiger partial charge is 0.327 e. The average Bonchev–Trinajstić information content (AvgIpc) is 2.97. The van der Waals surface area contributed by atoms with E-state index in [-0.39, 0.29) is 11.7 Å². The van der Waals surface area contributed by atoms with E-state index in [4.69, 9.17) is 4.74 Å². The van der Waals surface area contributed by atoms with Crippen LogP contribution in [0.4, 0.5) is 0 Å². The Labute approximate surface area is 124 Å². The molecule has 0 aliphatic heterocycles. The predicted molar refractivity (Wildman–Crippen MR) is 80.0 cm³/mol. The van der Waals surface area contributed by atoms with Gasteiger partial charge in [0.25, 0.3) is 0 Å². The van der Waals surface area contributed by atoms with Crippen molar-refractivity contribution in [3.63, 3.8) is 0 Å². The van der Waals surface area contributed by atoms with Gasteiger partial charge >= 0.3 is 5.97 Å². The highest BCUT2D eigenvalue weighted by Gasteiger charge is 2.22. The largest absolute Gasteiger partial charge is 0.507 e. The summed E-state index contributed by atoms with van der Waals surface area (Å²) in [6.45, 7) is 4.17. The molecular weight excluding hydrogens is 268 g/mol. The molecule has 1 heterocycles. The summed E-state index contributed by atoms with van der Waals surface area (Å²) >= 11 is 0. The number of methoxy groups -OCH3 is 1. The number of aromatic amines is 1. The molecule has 5 heteroatoms. The molecule has 2 aromatic rings. The van der Waals surface area contributed by atoms with Crippen molar-refractivity contribution in [1.29, 1.82) is 0 Å². The van der Waals surface area contributed by atoms with Gasteiger partial charge in [0.15, 0.2) is 0 Å². The number of hydrogen-bond acceptors (Lipinski definition) is 4. The van der Waals surface area contributed by atoms with Gasteiger partial charge in [-0.1, -0.05) is 12.1 Å². The number of aromatic hydroxyl groups is 1. The van der Waals surface area contributed by atoms with E-state index in [1.54, 1.807) is 12.1 Å². The van der Waals surface area contributed by atoms with E-state index in [1.807, 2.05) is 32.3 Å². The van der Waals surface area contributed by atoms with Crippen LogP contribution in [0.25, 0.3) is 0 Å². The van der Waals surface area contributed by atoms with Crippen molar-refractivity contribution >= 4 is 5.97 Å². The molecule has 0 saturated heterocycles. The highest BCUT2D eigenvalue weighted by atomic mass is 16.5. The monoisotopic (exact) mass is 288 g/mol. The molecule has 0 bridgehead atoms. The summed E-state index contributed by atoms with van der Waals surface area (Å²) in [6.07, 6.45) is 3.70. The number of aryl methyl sites for hydroxylation is 2. The maximum absolute atomic E-state index is 12.0. The fourth-order valence-electron chi connectivity index (χ4n) is 2.30. The van der Waals surface area contributed by atoms with Crippen molar-refractivity contribution in [2.75, 3.05) is 7.11 Å². The Kier molecular flexibility index (Phi) is 4.65. The second kappa shape index (κ2) is 6.45. The molecule has 5 nitrogen and oxygen atoms in total. The number of phenolic OH excluding ortho intramolecular Hbond substituents is 1. The topological polar surface area (TPSA) is 74.3 Å². The lowest BCUT2D eigenvalue weighted by Gasteiger charge is -2.18. The lowest BCUT2D eigenvalue weighted by Crippen LogP contribution is -2.29. The van der Waals surface area contributed by atoms with Crippen molar-refractivity contribution in [2.45, 2.75) is 26.4 Å². The second-order valence-corrected chi connectivity index (χ2v) is 5.06. The maximum Gasteiger partial charge on any atom is 0.327 e. The fraction of sp³-hybridized carbons (Fsp3) is 0.312. The van der Waals surface area contributed by atoms with Crippen LogP contribution in [0.3, 0.4) is 0 Å². The number of carbonyl (C=O) groups excluding carboxylic acids is 1. The van der Waals surface area contributed by atoms with Gasteiger partial charge in [-0.05, 0) is 42.2 Å². The molecule has 3 N–H and O–H groups in total. The summed E-state index contributed by atoms with van der Waals surface area (Å²) in [5.74, 6) is -0.0944.